The maximum Gasteiger partial charge on any atom is 0.472 e. The van der Waals surface area contributed by atoms with E-state index in [9.17, 15) is 43.5 Å². The maximum absolute atomic E-state index is 12.9. The Labute approximate surface area is 627 Å². The number of hydrogen-bond acceptors (Lipinski definition) is 14. The summed E-state index contributed by atoms with van der Waals surface area (Å²) in [6.45, 7) is 2.44. The van der Waals surface area contributed by atoms with Crippen LogP contribution in [-0.2, 0) is 55.8 Å². The van der Waals surface area contributed by atoms with Gasteiger partial charge in [0.2, 0.25) is 0 Å². The molecule has 0 amide bonds. The number of rotatable bonds is 77. The SMILES string of the molecule is CC/C=C\C/C=C\C/C=C\C/C=C\C/C=C\CCCCCCCCCCCCCCCCCCCCCC(=O)OCC(O)COP(=O)(O)OCC(O)COP(=O)(O)OCC(COC(=O)CCCCCCCC/C=C\C/C=C\C/C=C\C/C=C\CC)OC(=O)CCCCCCC/C=C\CCCCCC. The van der Waals surface area contributed by atoms with Gasteiger partial charge in [-0.05, 0) is 128 Å². The van der Waals surface area contributed by atoms with Crippen LogP contribution in [-0.4, -0.2) is 95.9 Å². The number of esters is 3. The zero-order chi connectivity index (χ0) is 75.2. The number of carbonyl (C=O) groups excluding carboxylic acids is 3. The lowest BCUT2D eigenvalue weighted by Gasteiger charge is -2.21. The van der Waals surface area contributed by atoms with Crippen LogP contribution in [0.3, 0.4) is 0 Å². The van der Waals surface area contributed by atoms with E-state index in [0.717, 1.165) is 154 Å². The van der Waals surface area contributed by atoms with Crippen molar-refractivity contribution in [3.63, 3.8) is 0 Å². The zero-order valence-corrected chi connectivity index (χ0v) is 66.7. The predicted molar refractivity (Wildman–Crippen MR) is 427 cm³/mol. The quantitative estimate of drug-likeness (QED) is 0.0146. The van der Waals surface area contributed by atoms with Gasteiger partial charge in [-0.1, -0.05) is 316 Å². The topological polar surface area (TPSA) is 231 Å². The van der Waals surface area contributed by atoms with Gasteiger partial charge >= 0.3 is 33.6 Å². The zero-order valence-electron chi connectivity index (χ0n) is 65.0. The number of aliphatic hydroxyl groups is 2. The number of aliphatic hydroxyl groups excluding tert-OH is 2. The van der Waals surface area contributed by atoms with E-state index in [2.05, 4.69) is 142 Å². The van der Waals surface area contributed by atoms with Crippen molar-refractivity contribution in [1.82, 2.24) is 0 Å². The first kappa shape index (κ1) is 98.9. The third-order valence-electron chi connectivity index (χ3n) is 17.2. The maximum atomic E-state index is 12.9. The molecule has 0 fully saturated rings. The van der Waals surface area contributed by atoms with Gasteiger partial charge in [0.05, 0.1) is 26.4 Å². The molecule has 0 aromatic heterocycles. The fraction of sp³-hybridized carbons (Fsp3) is 0.729. The van der Waals surface area contributed by atoms with Gasteiger partial charge in [-0.25, -0.2) is 9.13 Å². The fourth-order valence-corrected chi connectivity index (χ4v) is 12.6. The highest BCUT2D eigenvalue weighted by Gasteiger charge is 2.29. The summed E-state index contributed by atoms with van der Waals surface area (Å²) in [7, 11) is -9.79. The van der Waals surface area contributed by atoms with Crippen molar-refractivity contribution in [1.29, 1.82) is 0 Å². The molecule has 0 saturated carbocycles. The summed E-state index contributed by atoms with van der Waals surface area (Å²) in [5, 5.41) is 20.6. The van der Waals surface area contributed by atoms with E-state index < -0.39 is 91.5 Å². The summed E-state index contributed by atoms with van der Waals surface area (Å²) in [6.07, 6.45) is 92.7. The van der Waals surface area contributed by atoms with Gasteiger partial charge in [0, 0.05) is 19.3 Å². The van der Waals surface area contributed by atoms with E-state index in [1.54, 1.807) is 0 Å². The van der Waals surface area contributed by atoms with E-state index in [1.807, 2.05) is 0 Å². The standard InChI is InChI=1S/C85H148O16P2/c1-4-7-10-13-16-19-22-25-27-29-31-32-33-34-35-36-37-38-39-40-41-42-43-44-45-46-48-50-51-54-56-59-62-65-68-71-83(88)95-74-80(86)75-97-102(91,92)98-76-81(87)77-99-103(93,94)100-79-82(101-85(90)73-70-67-64-61-58-53-24-21-18-15-12-9-6-3)78-96-84(89)72-69-66-63-60-57-55-52-49-47-30-28-26-23-20-17-14-11-8-5-2/h7-8,10-11,16-17,19-21,24-28,31-32,34-35,47,49,80-82,86-87H,4-6,9,12-15,18,22-23,29-30,33,36-46,48,50-79H2,1-3H3,(H,91,92)(H,93,94)/b10-7-,11-8-,19-16-,20-17-,24-21-,27-25-,28-26-,32-31-,35-34-,49-47-. The molecule has 5 unspecified atom stereocenters. The Morgan fingerprint density at radius 3 is 0.825 bits per heavy atom. The van der Waals surface area contributed by atoms with Crippen molar-refractivity contribution in [2.75, 3.05) is 39.6 Å². The molecule has 103 heavy (non-hydrogen) atoms. The van der Waals surface area contributed by atoms with E-state index in [-0.39, 0.29) is 19.3 Å². The number of carbonyl (C=O) groups is 3. The van der Waals surface area contributed by atoms with Crippen molar-refractivity contribution >= 4 is 33.6 Å². The third-order valence-corrected chi connectivity index (χ3v) is 19.1. The number of hydrogen-bond donors (Lipinski definition) is 4. The Morgan fingerprint density at radius 1 is 0.282 bits per heavy atom. The fourth-order valence-electron chi connectivity index (χ4n) is 11.0. The third kappa shape index (κ3) is 78.8. The summed E-state index contributed by atoms with van der Waals surface area (Å²) < 4.78 is 61.1. The second kappa shape index (κ2) is 77.6. The van der Waals surface area contributed by atoms with Crippen molar-refractivity contribution in [3.8, 4) is 0 Å². The molecule has 0 radical (unpaired) electrons. The van der Waals surface area contributed by atoms with Crippen molar-refractivity contribution in [2.45, 2.75) is 360 Å². The lowest BCUT2D eigenvalue weighted by molar-refractivity contribution is -0.161. The second-order valence-electron chi connectivity index (χ2n) is 27.2. The molecule has 0 aliphatic rings. The minimum atomic E-state index is -4.93. The van der Waals surface area contributed by atoms with Crippen LogP contribution in [0.15, 0.2) is 122 Å². The normalized spacial score (nSPS) is 14.6. The first-order valence-electron chi connectivity index (χ1n) is 40.8. The highest BCUT2D eigenvalue weighted by molar-refractivity contribution is 7.47. The molecule has 5 atom stereocenters. The van der Waals surface area contributed by atoms with E-state index in [4.69, 9.17) is 32.3 Å². The van der Waals surface area contributed by atoms with Gasteiger partial charge < -0.3 is 34.2 Å². The molecule has 0 saturated heterocycles. The summed E-state index contributed by atoms with van der Waals surface area (Å²) >= 11 is 0. The average molecular weight is 1490 g/mol. The number of phosphoric acid groups is 2. The van der Waals surface area contributed by atoms with Crippen LogP contribution in [0.4, 0.5) is 0 Å². The summed E-state index contributed by atoms with van der Waals surface area (Å²) in [4.78, 5) is 58.6. The summed E-state index contributed by atoms with van der Waals surface area (Å²) in [6, 6.07) is 0. The highest BCUT2D eigenvalue weighted by Crippen LogP contribution is 2.45. The molecule has 0 aliphatic carbocycles. The molecule has 4 N–H and O–H groups in total. The van der Waals surface area contributed by atoms with Crippen LogP contribution in [0.2, 0.25) is 0 Å². The minimum absolute atomic E-state index is 0.0907. The van der Waals surface area contributed by atoms with E-state index >= 15 is 0 Å². The molecule has 0 aliphatic heterocycles. The molecule has 18 heteroatoms. The largest absolute Gasteiger partial charge is 0.472 e. The van der Waals surface area contributed by atoms with Gasteiger partial charge in [0.25, 0.3) is 0 Å². The molecule has 594 valence electrons. The Balaban J connectivity index is 4.36. The Kier molecular flexibility index (Phi) is 74.5. The highest BCUT2D eigenvalue weighted by atomic mass is 31.2. The number of phosphoric ester groups is 2. The van der Waals surface area contributed by atoms with Crippen molar-refractivity contribution < 1.29 is 75.8 Å². The van der Waals surface area contributed by atoms with Gasteiger partial charge in [-0.2, -0.15) is 0 Å². The molecule has 0 aromatic rings. The minimum Gasteiger partial charge on any atom is -0.463 e. The van der Waals surface area contributed by atoms with Crippen molar-refractivity contribution in [2.24, 2.45) is 0 Å². The molecule has 0 rings (SSSR count). The molecule has 0 aromatic carbocycles. The molecular weight excluding hydrogens is 1340 g/mol. The van der Waals surface area contributed by atoms with Crippen LogP contribution in [0.25, 0.3) is 0 Å². The van der Waals surface area contributed by atoms with Gasteiger partial charge in [0.1, 0.15) is 25.4 Å². The number of unbranched alkanes of at least 4 members (excludes halogenated alkanes) is 34. The molecular formula is C85H148O16P2. The predicted octanol–water partition coefficient (Wildman–Crippen LogP) is 24.1. The Morgan fingerprint density at radius 2 is 0.515 bits per heavy atom. The average Bonchev–Trinajstić information content (AvgIpc) is 0.925. The lowest BCUT2D eigenvalue weighted by Crippen LogP contribution is -2.30. The van der Waals surface area contributed by atoms with Gasteiger partial charge in [0.15, 0.2) is 6.10 Å². The van der Waals surface area contributed by atoms with Crippen LogP contribution < -0.4 is 0 Å². The monoisotopic (exact) mass is 1490 g/mol. The first-order chi connectivity index (χ1) is 50.2. The summed E-state index contributed by atoms with van der Waals surface area (Å²) in [5.41, 5.74) is 0. The molecule has 0 bridgehead atoms. The van der Waals surface area contributed by atoms with E-state index in [0.29, 0.717) is 19.3 Å². The van der Waals surface area contributed by atoms with Gasteiger partial charge in [-0.3, -0.25) is 32.5 Å². The Bertz CT molecular complexity index is 2360. The number of allylic oxidation sites excluding steroid dienone is 20. The van der Waals surface area contributed by atoms with E-state index in [1.165, 1.54) is 128 Å². The van der Waals surface area contributed by atoms with Gasteiger partial charge in [-0.15, -0.1) is 0 Å². The smallest absolute Gasteiger partial charge is 0.463 e. The lowest BCUT2D eigenvalue weighted by atomic mass is 10.0. The van der Waals surface area contributed by atoms with Crippen LogP contribution >= 0.6 is 15.6 Å². The summed E-state index contributed by atoms with van der Waals surface area (Å²) in [5.74, 6) is -1.59. The Hall–Kier alpha value is -4.05. The molecule has 0 spiro atoms. The van der Waals surface area contributed by atoms with Crippen molar-refractivity contribution in [3.05, 3.63) is 122 Å². The molecule has 16 nitrogen and oxygen atoms in total. The second-order valence-corrected chi connectivity index (χ2v) is 30.1. The van der Waals surface area contributed by atoms with Crippen LogP contribution in [0, 0.1) is 0 Å². The number of ether oxygens (including phenoxy) is 3. The molecule has 0 heterocycles. The van der Waals surface area contributed by atoms with Crippen LogP contribution in [0.1, 0.15) is 342 Å². The first-order valence-corrected chi connectivity index (χ1v) is 43.8. The van der Waals surface area contributed by atoms with Crippen LogP contribution in [0.5, 0.6) is 0 Å².